The average Bonchev–Trinajstić information content (AvgIpc) is 2.65. The van der Waals surface area contributed by atoms with Gasteiger partial charge in [0.2, 0.25) is 5.91 Å². The lowest BCUT2D eigenvalue weighted by molar-refractivity contribution is -0.122. The number of hydrogen-bond acceptors (Lipinski definition) is 3. The van der Waals surface area contributed by atoms with Crippen LogP contribution in [0.25, 0.3) is 16.6 Å². The largest absolute Gasteiger partial charge is 0.352 e. The third kappa shape index (κ3) is 3.98. The predicted molar refractivity (Wildman–Crippen MR) is 112 cm³/mol. The molecule has 146 valence electrons. The molecule has 1 heterocycles. The number of nitrogens with one attached hydrogen (secondary N) is 1. The topological polar surface area (TPSA) is 73.1 Å². The van der Waals surface area contributed by atoms with Crippen LogP contribution in [0.3, 0.4) is 0 Å². The summed E-state index contributed by atoms with van der Waals surface area (Å²) in [5.74, 6) is -0.325. The molecule has 0 aliphatic heterocycles. The van der Waals surface area contributed by atoms with Crippen LogP contribution in [0.2, 0.25) is 10.0 Å². The summed E-state index contributed by atoms with van der Waals surface area (Å²) in [7, 11) is 0. The highest BCUT2D eigenvalue weighted by Gasteiger charge is 2.17. The van der Waals surface area contributed by atoms with Crippen LogP contribution in [0.1, 0.15) is 20.3 Å². The maximum absolute atomic E-state index is 13.2. The summed E-state index contributed by atoms with van der Waals surface area (Å²) in [5, 5.41) is 3.86. The maximum Gasteiger partial charge on any atom is 0.336 e. The van der Waals surface area contributed by atoms with Crippen LogP contribution < -0.4 is 16.6 Å². The smallest absolute Gasteiger partial charge is 0.336 e. The molecule has 1 amide bonds. The average molecular weight is 420 g/mol. The molecule has 8 heteroatoms. The van der Waals surface area contributed by atoms with Crippen molar-refractivity contribution in [3.05, 3.63) is 73.3 Å². The fourth-order valence-corrected chi connectivity index (χ4v) is 3.25. The van der Waals surface area contributed by atoms with E-state index in [-0.39, 0.29) is 23.9 Å². The lowest BCUT2D eigenvalue weighted by atomic mass is 10.2. The van der Waals surface area contributed by atoms with Crippen LogP contribution in [0.4, 0.5) is 0 Å². The Morgan fingerprint density at radius 2 is 1.82 bits per heavy atom. The summed E-state index contributed by atoms with van der Waals surface area (Å²) in [6.45, 7) is 3.59. The number of rotatable bonds is 5. The molecule has 6 nitrogen and oxygen atoms in total. The van der Waals surface area contributed by atoms with E-state index < -0.39 is 11.2 Å². The summed E-state index contributed by atoms with van der Waals surface area (Å²) in [6.07, 6.45) is 0.759. The third-order valence-corrected chi connectivity index (χ3v) is 4.96. The number of carbonyl (C=O) groups excluding carboxylic acids is 1. The number of benzene rings is 2. The lowest BCUT2D eigenvalue weighted by Gasteiger charge is -2.16. The molecule has 0 fully saturated rings. The second-order valence-corrected chi connectivity index (χ2v) is 7.40. The normalized spacial score (nSPS) is 12.1. The summed E-state index contributed by atoms with van der Waals surface area (Å²) in [5.41, 5.74) is -0.505. The van der Waals surface area contributed by atoms with Crippen molar-refractivity contribution in [2.24, 2.45) is 0 Å². The molecule has 28 heavy (non-hydrogen) atoms. The Labute approximate surface area is 171 Å². The zero-order valence-corrected chi connectivity index (χ0v) is 16.9. The van der Waals surface area contributed by atoms with E-state index in [9.17, 15) is 14.4 Å². The van der Waals surface area contributed by atoms with Gasteiger partial charge in [0.15, 0.2) is 0 Å². The van der Waals surface area contributed by atoms with E-state index in [1.807, 2.05) is 13.8 Å². The Hall–Kier alpha value is -2.57. The quantitative estimate of drug-likeness (QED) is 0.688. The van der Waals surface area contributed by atoms with Gasteiger partial charge in [-0.1, -0.05) is 36.2 Å². The Balaban J connectivity index is 2.26. The van der Waals surface area contributed by atoms with Crippen LogP contribution in [0, 0.1) is 0 Å². The van der Waals surface area contributed by atoms with Crippen molar-refractivity contribution in [3.8, 4) is 5.69 Å². The highest BCUT2D eigenvalue weighted by atomic mass is 35.5. The van der Waals surface area contributed by atoms with Gasteiger partial charge in [0.25, 0.3) is 5.56 Å². The minimum Gasteiger partial charge on any atom is -0.352 e. The van der Waals surface area contributed by atoms with Gasteiger partial charge in [-0.3, -0.25) is 14.2 Å². The second-order valence-electron chi connectivity index (χ2n) is 6.53. The minimum atomic E-state index is -0.638. The molecule has 0 aliphatic rings. The molecule has 2 aromatic carbocycles. The fourth-order valence-electron chi connectivity index (χ4n) is 2.90. The summed E-state index contributed by atoms with van der Waals surface area (Å²) >= 11 is 12.1. The number of fused-ring (bicyclic) bond motifs is 1. The molecule has 1 N–H and O–H groups in total. The maximum atomic E-state index is 13.2. The molecule has 0 saturated heterocycles. The van der Waals surface area contributed by atoms with Crippen molar-refractivity contribution in [1.82, 2.24) is 14.5 Å². The Morgan fingerprint density at radius 3 is 2.50 bits per heavy atom. The van der Waals surface area contributed by atoms with E-state index in [4.69, 9.17) is 23.2 Å². The van der Waals surface area contributed by atoms with Gasteiger partial charge in [0, 0.05) is 16.1 Å². The van der Waals surface area contributed by atoms with Crippen LogP contribution in [0.15, 0.2) is 52.1 Å². The van der Waals surface area contributed by atoms with Gasteiger partial charge in [-0.15, -0.1) is 0 Å². The fraction of sp³-hybridized carbons (Fsp3) is 0.250. The zero-order chi connectivity index (χ0) is 20.4. The molecule has 0 unspecified atom stereocenters. The molecule has 0 bridgehead atoms. The van der Waals surface area contributed by atoms with E-state index in [2.05, 4.69) is 5.32 Å². The summed E-state index contributed by atoms with van der Waals surface area (Å²) in [6, 6.07) is 11.0. The Morgan fingerprint density at radius 1 is 1.11 bits per heavy atom. The highest BCUT2D eigenvalue weighted by molar-refractivity contribution is 6.31. The summed E-state index contributed by atoms with van der Waals surface area (Å²) < 4.78 is 2.26. The first kappa shape index (κ1) is 20.2. The number of amides is 1. The van der Waals surface area contributed by atoms with E-state index >= 15 is 0 Å². The molecule has 0 spiro atoms. The Bertz CT molecular complexity index is 1170. The molecule has 0 radical (unpaired) electrons. The minimum absolute atomic E-state index is 0.0307. The molecule has 0 aliphatic carbocycles. The number of hydrogen-bond donors (Lipinski definition) is 1. The van der Waals surface area contributed by atoms with Crippen LogP contribution in [-0.2, 0) is 11.3 Å². The lowest BCUT2D eigenvalue weighted by Crippen LogP contribution is -2.43. The first-order valence-corrected chi connectivity index (χ1v) is 9.57. The molecule has 0 saturated carbocycles. The number of nitrogens with zero attached hydrogens (tertiary/aromatic N) is 2. The van der Waals surface area contributed by atoms with E-state index in [1.54, 1.807) is 30.3 Å². The zero-order valence-electron chi connectivity index (χ0n) is 15.4. The second kappa shape index (κ2) is 8.20. The third-order valence-electron chi connectivity index (χ3n) is 4.49. The van der Waals surface area contributed by atoms with Crippen molar-refractivity contribution in [2.75, 3.05) is 0 Å². The van der Waals surface area contributed by atoms with Gasteiger partial charge in [0.05, 0.1) is 16.6 Å². The monoisotopic (exact) mass is 419 g/mol. The van der Waals surface area contributed by atoms with Gasteiger partial charge in [-0.05, 0) is 49.7 Å². The van der Waals surface area contributed by atoms with Crippen LogP contribution in [0.5, 0.6) is 0 Å². The van der Waals surface area contributed by atoms with Crippen molar-refractivity contribution in [3.63, 3.8) is 0 Å². The molecular formula is C20H19Cl2N3O3. The van der Waals surface area contributed by atoms with Crippen molar-refractivity contribution < 1.29 is 4.79 Å². The first-order valence-electron chi connectivity index (χ1n) is 8.82. The van der Waals surface area contributed by atoms with Crippen molar-refractivity contribution >= 4 is 40.0 Å². The van der Waals surface area contributed by atoms with Crippen molar-refractivity contribution in [1.29, 1.82) is 0 Å². The molecule has 3 rings (SSSR count). The summed E-state index contributed by atoms with van der Waals surface area (Å²) in [4.78, 5) is 38.6. The number of aromatic nitrogens is 2. The number of carbonyl (C=O) groups is 1. The van der Waals surface area contributed by atoms with Gasteiger partial charge < -0.3 is 5.32 Å². The first-order chi connectivity index (χ1) is 13.3. The highest BCUT2D eigenvalue weighted by Crippen LogP contribution is 2.17. The SMILES string of the molecule is CC[C@H](C)NC(=O)Cn1c(=O)n(-c2cccc(Cl)c2)c(=O)c2ccc(Cl)cc21. The van der Waals surface area contributed by atoms with Crippen molar-refractivity contribution in [2.45, 2.75) is 32.9 Å². The van der Waals surface area contributed by atoms with E-state index in [1.165, 1.54) is 16.7 Å². The van der Waals surface area contributed by atoms with E-state index in [0.717, 1.165) is 11.0 Å². The molecular weight excluding hydrogens is 401 g/mol. The van der Waals surface area contributed by atoms with Gasteiger partial charge in [-0.25, -0.2) is 9.36 Å². The number of halogens is 2. The van der Waals surface area contributed by atoms with Gasteiger partial charge >= 0.3 is 5.69 Å². The van der Waals surface area contributed by atoms with Gasteiger partial charge in [0.1, 0.15) is 6.54 Å². The standard InChI is InChI=1S/C20H19Cl2N3O3/c1-3-12(2)23-18(26)11-24-17-10-14(22)7-8-16(17)19(27)25(20(24)28)15-6-4-5-13(21)9-15/h4-10,12H,3,11H2,1-2H3,(H,23,26)/t12-/m0/s1. The van der Waals surface area contributed by atoms with Gasteiger partial charge in [-0.2, -0.15) is 0 Å². The van der Waals surface area contributed by atoms with Crippen LogP contribution in [-0.4, -0.2) is 21.1 Å². The Kier molecular flexibility index (Phi) is 5.91. The molecule has 1 aromatic heterocycles. The van der Waals surface area contributed by atoms with Crippen LogP contribution >= 0.6 is 23.2 Å². The van der Waals surface area contributed by atoms with E-state index in [0.29, 0.717) is 21.2 Å². The molecule has 3 aromatic rings. The predicted octanol–water partition coefficient (Wildman–Crippen LogP) is 3.37. The molecule has 1 atom stereocenters.